The number of unbranched alkanes of at least 4 members (excludes halogenated alkanes) is 2. The third-order valence-electron chi connectivity index (χ3n) is 5.05. The van der Waals surface area contributed by atoms with Crippen LogP contribution < -0.4 is 10.6 Å². The van der Waals surface area contributed by atoms with Crippen LogP contribution in [0, 0.1) is 0 Å². The molecular weight excluding hydrogens is 318 g/mol. The van der Waals surface area contributed by atoms with Gasteiger partial charge in [0.25, 0.3) is 5.91 Å². The van der Waals surface area contributed by atoms with E-state index < -0.39 is 6.04 Å². The smallest absolute Gasteiger partial charge is 0.255 e. The van der Waals surface area contributed by atoms with E-state index in [4.69, 9.17) is 0 Å². The Bertz CT molecular complexity index is 686. The summed E-state index contributed by atoms with van der Waals surface area (Å²) in [6.07, 6.45) is 5.02. The van der Waals surface area contributed by atoms with Crippen molar-refractivity contribution in [1.29, 1.82) is 0 Å². The summed E-state index contributed by atoms with van der Waals surface area (Å²) in [5.74, 6) is -0.708. The zero-order valence-electron chi connectivity index (χ0n) is 14.6. The first-order valence-corrected chi connectivity index (χ1v) is 9.02. The van der Waals surface area contributed by atoms with Gasteiger partial charge in [-0.3, -0.25) is 19.7 Å². The molecule has 6 heteroatoms. The second-order valence-corrected chi connectivity index (χ2v) is 6.76. The number of imide groups is 1. The van der Waals surface area contributed by atoms with Crippen LogP contribution in [0.25, 0.3) is 0 Å². The highest BCUT2D eigenvalue weighted by molar-refractivity contribution is 6.05. The Morgan fingerprint density at radius 3 is 2.80 bits per heavy atom. The molecule has 1 atom stereocenters. The zero-order valence-corrected chi connectivity index (χ0v) is 14.6. The van der Waals surface area contributed by atoms with E-state index in [0.717, 1.165) is 37.8 Å². The number of hydrogen-bond acceptors (Lipinski definition) is 4. The predicted molar refractivity (Wildman–Crippen MR) is 94.0 cm³/mol. The normalized spacial score (nSPS) is 20.0. The molecule has 2 aliphatic rings. The molecule has 1 saturated heterocycles. The fourth-order valence-electron chi connectivity index (χ4n) is 3.68. The van der Waals surface area contributed by atoms with Gasteiger partial charge in [-0.2, -0.15) is 0 Å². The number of hydrogen-bond donors (Lipinski definition) is 2. The molecule has 1 fully saturated rings. The van der Waals surface area contributed by atoms with Crippen LogP contribution >= 0.6 is 0 Å². The van der Waals surface area contributed by atoms with Crippen LogP contribution in [-0.2, 0) is 22.6 Å². The minimum atomic E-state index is -0.541. The summed E-state index contributed by atoms with van der Waals surface area (Å²) in [6, 6.07) is 5.31. The van der Waals surface area contributed by atoms with Gasteiger partial charge in [0.15, 0.2) is 0 Å². The van der Waals surface area contributed by atoms with Crippen LogP contribution in [0.2, 0.25) is 0 Å². The largest absolute Gasteiger partial charge is 0.322 e. The summed E-state index contributed by atoms with van der Waals surface area (Å²) in [5.41, 5.74) is 2.95. The van der Waals surface area contributed by atoms with Crippen molar-refractivity contribution < 1.29 is 14.4 Å². The van der Waals surface area contributed by atoms with Crippen LogP contribution in [0.4, 0.5) is 0 Å². The Balaban J connectivity index is 1.69. The molecule has 0 aromatic heterocycles. The first-order valence-electron chi connectivity index (χ1n) is 9.02. The third kappa shape index (κ3) is 3.74. The maximum atomic E-state index is 12.7. The van der Waals surface area contributed by atoms with E-state index in [0.29, 0.717) is 18.5 Å². The van der Waals surface area contributed by atoms with Crippen LogP contribution in [0.5, 0.6) is 0 Å². The summed E-state index contributed by atoms with van der Waals surface area (Å²) < 4.78 is 0. The van der Waals surface area contributed by atoms with E-state index in [9.17, 15) is 14.4 Å². The van der Waals surface area contributed by atoms with Crippen molar-refractivity contribution >= 4 is 17.7 Å². The summed E-state index contributed by atoms with van der Waals surface area (Å²) in [4.78, 5) is 37.8. The van der Waals surface area contributed by atoms with Gasteiger partial charge >= 0.3 is 0 Å². The molecule has 3 amide bonds. The highest BCUT2D eigenvalue weighted by Gasteiger charge is 2.39. The van der Waals surface area contributed by atoms with Gasteiger partial charge in [0.05, 0.1) is 0 Å². The second-order valence-electron chi connectivity index (χ2n) is 6.76. The lowest BCUT2D eigenvalue weighted by Crippen LogP contribution is -2.52. The Kier molecular flexibility index (Phi) is 5.48. The lowest BCUT2D eigenvalue weighted by Gasteiger charge is -2.29. The molecule has 25 heavy (non-hydrogen) atoms. The van der Waals surface area contributed by atoms with E-state index in [2.05, 4.69) is 16.7 Å². The van der Waals surface area contributed by atoms with Gasteiger partial charge in [0, 0.05) is 18.5 Å². The number of fused-ring (bicyclic) bond motifs is 1. The number of amides is 3. The highest BCUT2D eigenvalue weighted by atomic mass is 16.2. The molecule has 3 rings (SSSR count). The van der Waals surface area contributed by atoms with Gasteiger partial charge in [0.1, 0.15) is 6.04 Å². The molecule has 0 aliphatic carbocycles. The zero-order chi connectivity index (χ0) is 17.8. The first-order chi connectivity index (χ1) is 12.1. The van der Waals surface area contributed by atoms with Crippen molar-refractivity contribution in [1.82, 2.24) is 15.5 Å². The van der Waals surface area contributed by atoms with Gasteiger partial charge in [-0.25, -0.2) is 0 Å². The fourth-order valence-corrected chi connectivity index (χ4v) is 3.68. The van der Waals surface area contributed by atoms with Crippen LogP contribution in [-0.4, -0.2) is 42.3 Å². The van der Waals surface area contributed by atoms with Gasteiger partial charge in [-0.1, -0.05) is 18.6 Å². The maximum absolute atomic E-state index is 12.7. The van der Waals surface area contributed by atoms with E-state index in [1.807, 2.05) is 19.2 Å². The van der Waals surface area contributed by atoms with E-state index in [1.54, 1.807) is 4.90 Å². The van der Waals surface area contributed by atoms with Gasteiger partial charge in [-0.15, -0.1) is 0 Å². The molecule has 6 nitrogen and oxygen atoms in total. The van der Waals surface area contributed by atoms with E-state index in [-0.39, 0.29) is 24.1 Å². The Hall–Kier alpha value is -2.21. The molecule has 0 radical (unpaired) electrons. The second kappa shape index (κ2) is 7.78. The van der Waals surface area contributed by atoms with Crippen molar-refractivity contribution in [3.63, 3.8) is 0 Å². The maximum Gasteiger partial charge on any atom is 0.255 e. The average Bonchev–Trinajstić information content (AvgIpc) is 2.92. The first kappa shape index (κ1) is 17.6. The summed E-state index contributed by atoms with van der Waals surface area (Å²) in [7, 11) is 1.96. The number of rotatable bonds is 7. The van der Waals surface area contributed by atoms with Crippen LogP contribution in [0.1, 0.15) is 53.6 Å². The van der Waals surface area contributed by atoms with E-state index >= 15 is 0 Å². The molecular formula is C19H25N3O3. The third-order valence-corrected chi connectivity index (χ3v) is 5.05. The van der Waals surface area contributed by atoms with Gasteiger partial charge < -0.3 is 10.2 Å². The molecule has 0 spiro atoms. The quantitative estimate of drug-likeness (QED) is 0.579. The number of nitrogens with one attached hydrogen (secondary N) is 2. The number of benzene rings is 1. The molecule has 0 bridgehead atoms. The highest BCUT2D eigenvalue weighted by Crippen LogP contribution is 2.30. The molecule has 1 aromatic rings. The molecule has 1 aromatic carbocycles. The number of piperidine rings is 1. The van der Waals surface area contributed by atoms with Crippen molar-refractivity contribution in [2.45, 2.75) is 51.1 Å². The Morgan fingerprint density at radius 2 is 2.04 bits per heavy atom. The van der Waals surface area contributed by atoms with Crippen molar-refractivity contribution in [2.24, 2.45) is 0 Å². The lowest BCUT2D eigenvalue weighted by molar-refractivity contribution is -0.136. The lowest BCUT2D eigenvalue weighted by atomic mass is 9.98. The predicted octanol–water partition coefficient (Wildman–Crippen LogP) is 1.38. The summed E-state index contributed by atoms with van der Waals surface area (Å²) in [6.45, 7) is 1.49. The van der Waals surface area contributed by atoms with Crippen LogP contribution in [0.3, 0.4) is 0 Å². The molecule has 0 saturated carbocycles. The monoisotopic (exact) mass is 343 g/mol. The van der Waals surface area contributed by atoms with Crippen molar-refractivity contribution in [3.8, 4) is 0 Å². The Labute approximate surface area is 148 Å². The molecule has 2 aliphatic heterocycles. The van der Waals surface area contributed by atoms with Crippen molar-refractivity contribution in [2.75, 3.05) is 13.6 Å². The molecule has 1 unspecified atom stereocenters. The van der Waals surface area contributed by atoms with E-state index in [1.165, 1.54) is 5.56 Å². The van der Waals surface area contributed by atoms with Crippen LogP contribution in [0.15, 0.2) is 18.2 Å². The number of carbonyl (C=O) groups excluding carboxylic acids is 3. The number of nitrogens with zero attached hydrogens (tertiary/aromatic N) is 1. The Morgan fingerprint density at radius 1 is 1.20 bits per heavy atom. The average molecular weight is 343 g/mol. The fraction of sp³-hybridized carbons (Fsp3) is 0.526. The standard InChI is InChI=1S/C19H25N3O3/c1-20-11-4-2-3-6-13-7-5-8-14-15(13)12-22(19(14)25)16-9-10-17(23)21-18(16)24/h5,7-8,16,20H,2-4,6,9-12H2,1H3,(H,21,23,24). The molecule has 134 valence electrons. The topological polar surface area (TPSA) is 78.5 Å². The molecule has 2 heterocycles. The minimum absolute atomic E-state index is 0.0958. The van der Waals surface area contributed by atoms with Gasteiger partial charge in [-0.05, 0) is 56.5 Å². The minimum Gasteiger partial charge on any atom is -0.322 e. The molecule has 2 N–H and O–H groups in total. The SMILES string of the molecule is CNCCCCCc1cccc2c1CN(C1CCC(=O)NC1=O)C2=O. The van der Waals surface area contributed by atoms with Crippen molar-refractivity contribution in [3.05, 3.63) is 34.9 Å². The summed E-state index contributed by atoms with van der Waals surface area (Å²) in [5, 5.41) is 5.49. The number of aryl methyl sites for hydroxylation is 1. The number of carbonyl (C=O) groups is 3. The van der Waals surface area contributed by atoms with Gasteiger partial charge in [0.2, 0.25) is 11.8 Å². The summed E-state index contributed by atoms with van der Waals surface area (Å²) >= 11 is 0.